The molecule has 12 nitrogen and oxygen atoms in total. The Balaban J connectivity index is 2.70. The second-order valence-electron chi connectivity index (χ2n) is 6.33. The third kappa shape index (κ3) is 11.2. The van der Waals surface area contributed by atoms with Crippen molar-refractivity contribution >= 4 is 26.4 Å². The Morgan fingerprint density at radius 1 is 0.857 bits per heavy atom. The Bertz CT molecular complexity index is 538. The summed E-state index contributed by atoms with van der Waals surface area (Å²) in [7, 11) is -1.17. The molecule has 4 N–H and O–H groups in total. The number of carbonyl (C=O) groups is 3. The van der Waals surface area contributed by atoms with Gasteiger partial charge in [-0.1, -0.05) is 4.57 Å². The summed E-state index contributed by atoms with van der Waals surface area (Å²) in [4.78, 5) is 39.1. The third-order valence-corrected chi connectivity index (χ3v) is 4.41. The van der Waals surface area contributed by atoms with E-state index in [9.17, 15) is 18.9 Å². The van der Waals surface area contributed by atoms with Gasteiger partial charge >= 0.3 is 32.4 Å². The monoisotopic (exact) mass is 423 g/mol. The zero-order valence-electron chi connectivity index (χ0n) is 15.6. The molecule has 28 heavy (non-hydrogen) atoms. The van der Waals surface area contributed by atoms with E-state index in [0.717, 1.165) is 0 Å². The highest BCUT2D eigenvalue weighted by atomic mass is 31.1. The summed E-state index contributed by atoms with van der Waals surface area (Å²) in [5, 5.41) is 30.4. The molecule has 0 aromatic carbocycles. The first-order valence-electron chi connectivity index (χ1n) is 8.86. The molecule has 0 saturated carbocycles. The molecule has 1 saturated heterocycles. The van der Waals surface area contributed by atoms with Gasteiger partial charge in [0.05, 0.1) is 19.6 Å². The zero-order chi connectivity index (χ0) is 20.9. The summed E-state index contributed by atoms with van der Waals surface area (Å²) in [6, 6.07) is -1.65. The number of hydrogen-bond acceptors (Lipinski definition) is 10. The van der Waals surface area contributed by atoms with Crippen molar-refractivity contribution < 1.29 is 39.0 Å². The van der Waals surface area contributed by atoms with Crippen molar-refractivity contribution in [1.82, 2.24) is 20.0 Å². The van der Waals surface area contributed by atoms with Crippen LogP contribution in [0, 0.1) is 0 Å². The second-order valence-corrected chi connectivity index (χ2v) is 7.06. The lowest BCUT2D eigenvalue weighted by Crippen LogP contribution is -2.47. The van der Waals surface area contributed by atoms with E-state index in [4.69, 9.17) is 15.3 Å². The molecule has 0 aliphatic carbocycles. The van der Waals surface area contributed by atoms with Gasteiger partial charge in [0.2, 0.25) is 0 Å². The average molecular weight is 423 g/mol. The number of carbonyl (C=O) groups excluding carboxylic acids is 1. The number of esters is 1. The van der Waals surface area contributed by atoms with E-state index in [1.165, 1.54) is 0 Å². The van der Waals surface area contributed by atoms with Crippen molar-refractivity contribution in [3.8, 4) is 0 Å². The molecule has 2 unspecified atom stereocenters. The molecular formula is C15H28N4O8P+. The third-order valence-electron chi connectivity index (χ3n) is 4.09. The maximum atomic E-state index is 11.8. The largest absolute Gasteiger partial charge is 0.480 e. The Hall–Kier alpha value is -1.69. The highest BCUT2D eigenvalue weighted by Gasteiger charge is 2.21. The molecule has 1 fully saturated rings. The number of nitrogens with zero attached hydrogens (tertiary/aromatic N) is 3. The predicted octanol–water partition coefficient (Wildman–Crippen LogP) is -2.49. The first-order valence-corrected chi connectivity index (χ1v) is 9.85. The number of aliphatic hydroxyl groups excluding tert-OH is 1. The molecule has 0 bridgehead atoms. The van der Waals surface area contributed by atoms with E-state index in [1.54, 1.807) is 14.7 Å². The Kier molecular flexibility index (Phi) is 11.7. The topological polar surface area (TPSA) is 160 Å². The number of nitrogens with one attached hydrogen (secondary N) is 1. The maximum absolute atomic E-state index is 11.8. The van der Waals surface area contributed by atoms with Crippen LogP contribution in [0.3, 0.4) is 0 Å². The van der Waals surface area contributed by atoms with Gasteiger partial charge in [-0.2, -0.15) is 0 Å². The van der Waals surface area contributed by atoms with Crippen LogP contribution in [0.2, 0.25) is 0 Å². The maximum Gasteiger partial charge on any atom is 0.402 e. The van der Waals surface area contributed by atoms with Gasteiger partial charge < -0.3 is 25.4 Å². The number of carboxylic acids is 2. The number of aliphatic hydroxyl groups is 1. The number of ether oxygens (including phenoxy) is 1. The fourth-order valence-electron chi connectivity index (χ4n) is 2.73. The van der Waals surface area contributed by atoms with Crippen LogP contribution in [0.15, 0.2) is 0 Å². The first kappa shape index (κ1) is 24.3. The molecule has 0 radical (unpaired) electrons. The molecule has 1 heterocycles. The van der Waals surface area contributed by atoms with Gasteiger partial charge in [-0.05, 0) is 0 Å². The molecule has 0 spiro atoms. The van der Waals surface area contributed by atoms with Crippen molar-refractivity contribution in [3.63, 3.8) is 0 Å². The standard InChI is InChI=1S/C15H27N4O8P/c20-12(21)9-17-3-1-16-2-4-18(11-14(24)27-15(25)28-26)6-8-19(7-5-17)10-13(22)23/h15-16,25H,1-11H2,(H,20,21)(H,22,23)/p+1. The van der Waals surface area contributed by atoms with Gasteiger partial charge in [-0.15, -0.1) is 0 Å². The molecule has 2 atom stereocenters. The van der Waals surface area contributed by atoms with Gasteiger partial charge in [0.15, 0.2) is 0 Å². The van der Waals surface area contributed by atoms with Gasteiger partial charge in [0, 0.05) is 52.4 Å². The second kappa shape index (κ2) is 13.5. The summed E-state index contributed by atoms with van der Waals surface area (Å²) in [6.07, 6.45) is 0. The lowest BCUT2D eigenvalue weighted by atomic mass is 10.3. The van der Waals surface area contributed by atoms with E-state index in [0.29, 0.717) is 52.4 Å². The number of rotatable bonds is 8. The number of carboxylic acid groups (broad SMARTS) is 2. The van der Waals surface area contributed by atoms with Crippen molar-refractivity contribution in [2.45, 2.75) is 6.03 Å². The van der Waals surface area contributed by atoms with Crippen molar-refractivity contribution in [1.29, 1.82) is 0 Å². The summed E-state index contributed by atoms with van der Waals surface area (Å²) in [5.74, 6) is -2.66. The molecular weight excluding hydrogens is 395 g/mol. The molecule has 13 heteroatoms. The molecule has 0 amide bonds. The lowest BCUT2D eigenvalue weighted by molar-refractivity contribution is -0.157. The normalized spacial score (nSPS) is 20.0. The fraction of sp³-hybridized carbons (Fsp3) is 0.800. The van der Waals surface area contributed by atoms with Crippen LogP contribution in [0.5, 0.6) is 0 Å². The van der Waals surface area contributed by atoms with Gasteiger partial charge in [0.25, 0.3) is 0 Å². The predicted molar refractivity (Wildman–Crippen MR) is 98.6 cm³/mol. The van der Waals surface area contributed by atoms with Crippen LogP contribution >= 0.6 is 8.46 Å². The molecule has 1 aliphatic rings. The number of hydrogen-bond donors (Lipinski definition) is 4. The summed E-state index contributed by atoms with van der Waals surface area (Å²) < 4.78 is 15.1. The quantitative estimate of drug-likeness (QED) is 0.185. The Morgan fingerprint density at radius 3 is 1.71 bits per heavy atom. The summed E-state index contributed by atoms with van der Waals surface area (Å²) >= 11 is 0. The Morgan fingerprint density at radius 2 is 1.29 bits per heavy atom. The van der Waals surface area contributed by atoms with E-state index >= 15 is 0 Å². The molecule has 0 aromatic rings. The van der Waals surface area contributed by atoms with E-state index < -0.39 is 32.4 Å². The lowest BCUT2D eigenvalue weighted by Gasteiger charge is -2.30. The smallest absolute Gasteiger partial charge is 0.402 e. The molecule has 1 rings (SSSR count). The first-order chi connectivity index (χ1) is 13.3. The summed E-state index contributed by atoms with van der Waals surface area (Å²) in [6.45, 7) is 3.07. The van der Waals surface area contributed by atoms with E-state index in [-0.39, 0.29) is 19.6 Å². The summed E-state index contributed by atoms with van der Waals surface area (Å²) in [5.41, 5.74) is 0. The highest BCUT2D eigenvalue weighted by molar-refractivity contribution is 7.24. The van der Waals surface area contributed by atoms with Crippen LogP contribution in [0.4, 0.5) is 0 Å². The van der Waals surface area contributed by atoms with Crippen LogP contribution in [-0.2, 0) is 23.7 Å². The van der Waals surface area contributed by atoms with Crippen molar-refractivity contribution in [2.24, 2.45) is 0 Å². The molecule has 1 aliphatic heterocycles. The molecule has 0 aromatic heterocycles. The minimum absolute atomic E-state index is 0.122. The Labute approximate surface area is 164 Å². The van der Waals surface area contributed by atoms with Crippen LogP contribution in [0.25, 0.3) is 0 Å². The minimum atomic E-state index is -1.65. The van der Waals surface area contributed by atoms with Crippen molar-refractivity contribution in [2.75, 3.05) is 72.0 Å². The van der Waals surface area contributed by atoms with Gasteiger partial charge in [0.1, 0.15) is 0 Å². The fourth-order valence-corrected chi connectivity index (χ4v) is 2.91. The average Bonchev–Trinajstić information content (AvgIpc) is 2.60. The highest BCUT2D eigenvalue weighted by Crippen LogP contribution is 2.05. The zero-order valence-corrected chi connectivity index (χ0v) is 16.6. The number of aliphatic carboxylic acids is 2. The SMILES string of the molecule is O=[PH+]C(O)OC(=O)CN1CCNCCN(CC(=O)O)CCN(CC(=O)O)CC1. The van der Waals surface area contributed by atoms with E-state index in [2.05, 4.69) is 10.1 Å². The van der Waals surface area contributed by atoms with Crippen molar-refractivity contribution in [3.05, 3.63) is 0 Å². The van der Waals surface area contributed by atoms with Gasteiger partial charge in [-0.25, -0.2) is 0 Å². The van der Waals surface area contributed by atoms with Crippen LogP contribution in [-0.4, -0.2) is 126 Å². The molecule has 160 valence electrons. The van der Waals surface area contributed by atoms with Gasteiger partial charge in [-0.3, -0.25) is 29.1 Å². The van der Waals surface area contributed by atoms with Crippen LogP contribution < -0.4 is 5.32 Å². The van der Waals surface area contributed by atoms with Crippen LogP contribution in [0.1, 0.15) is 0 Å². The minimum Gasteiger partial charge on any atom is -0.480 e. The van der Waals surface area contributed by atoms with E-state index in [1.807, 2.05) is 0 Å².